The van der Waals surface area contributed by atoms with Crippen LogP contribution >= 0.6 is 11.8 Å². The van der Waals surface area contributed by atoms with Crippen LogP contribution in [0.1, 0.15) is 37.7 Å². The maximum atomic E-state index is 12.4. The molecule has 1 amide bonds. The number of nitrogens with two attached hydrogens (primary N) is 1. The first-order valence-corrected chi connectivity index (χ1v) is 10.3. The van der Waals surface area contributed by atoms with Crippen LogP contribution in [-0.4, -0.2) is 11.7 Å². The lowest BCUT2D eigenvalue weighted by Crippen LogP contribution is -2.39. The lowest BCUT2D eigenvalue weighted by Gasteiger charge is -2.40. The summed E-state index contributed by atoms with van der Waals surface area (Å²) < 4.78 is 0. The molecule has 29 heavy (non-hydrogen) atoms. The van der Waals surface area contributed by atoms with Gasteiger partial charge in [0.2, 0.25) is 5.91 Å². The Balaban J connectivity index is 1.79. The molecule has 4 N–H and O–H groups in total. The molecule has 0 atom stereocenters. The van der Waals surface area contributed by atoms with E-state index in [4.69, 9.17) is 11.0 Å². The standard InChI is InChI=1S/C21H20N6OS/c22-10-14-5-4-6-15(9-14)26-18(28)13-29-20-17(12-24)21(7-2-1-3-8-21)16(11-23)19(25)27-20/h4-6,9,27H,1-3,7-8,13,25H2,(H,26,28). The van der Waals surface area contributed by atoms with Crippen LogP contribution in [0.3, 0.4) is 0 Å². The summed E-state index contributed by atoms with van der Waals surface area (Å²) in [5.41, 5.74) is 7.38. The first kappa shape index (κ1) is 20.3. The quantitative estimate of drug-likeness (QED) is 0.700. The predicted molar refractivity (Wildman–Crippen MR) is 110 cm³/mol. The summed E-state index contributed by atoms with van der Waals surface area (Å²) in [6.45, 7) is 0. The number of carbonyl (C=O) groups is 1. The number of rotatable bonds is 4. The van der Waals surface area contributed by atoms with Crippen molar-refractivity contribution in [1.82, 2.24) is 5.32 Å². The van der Waals surface area contributed by atoms with Crippen molar-refractivity contribution in [2.45, 2.75) is 32.1 Å². The number of carbonyl (C=O) groups excluding carboxylic acids is 1. The number of anilines is 1. The third kappa shape index (κ3) is 4.06. The van der Waals surface area contributed by atoms with Crippen molar-refractivity contribution in [1.29, 1.82) is 15.8 Å². The van der Waals surface area contributed by atoms with E-state index in [1.165, 1.54) is 11.8 Å². The molecule has 1 fully saturated rings. The molecule has 1 aromatic carbocycles. The number of thioether (sulfide) groups is 1. The van der Waals surface area contributed by atoms with Gasteiger partial charge in [0.05, 0.1) is 45.7 Å². The summed E-state index contributed by atoms with van der Waals surface area (Å²) in [7, 11) is 0. The zero-order valence-corrected chi connectivity index (χ0v) is 16.6. The Morgan fingerprint density at radius 1 is 1.14 bits per heavy atom. The summed E-state index contributed by atoms with van der Waals surface area (Å²) in [5.74, 6) is 0.0660. The lowest BCUT2D eigenvalue weighted by molar-refractivity contribution is -0.113. The van der Waals surface area contributed by atoms with Crippen LogP contribution in [0.25, 0.3) is 0 Å². The Morgan fingerprint density at radius 2 is 1.86 bits per heavy atom. The fourth-order valence-corrected chi connectivity index (χ4v) is 4.85. The van der Waals surface area contributed by atoms with Gasteiger partial charge in [0, 0.05) is 11.1 Å². The minimum Gasteiger partial charge on any atom is -0.384 e. The number of allylic oxidation sites excluding steroid dienone is 2. The van der Waals surface area contributed by atoms with Crippen molar-refractivity contribution in [3.8, 4) is 18.2 Å². The van der Waals surface area contributed by atoms with Crippen LogP contribution in [0.15, 0.2) is 46.3 Å². The number of dihydropyridines is 1. The Hall–Kier alpha value is -3.41. The highest BCUT2D eigenvalue weighted by molar-refractivity contribution is 8.03. The Labute approximate surface area is 173 Å². The topological polar surface area (TPSA) is 139 Å². The average Bonchev–Trinajstić information content (AvgIpc) is 2.73. The van der Waals surface area contributed by atoms with Crippen LogP contribution in [0.2, 0.25) is 0 Å². The van der Waals surface area contributed by atoms with Crippen LogP contribution in [0.4, 0.5) is 5.69 Å². The van der Waals surface area contributed by atoms with Gasteiger partial charge in [-0.25, -0.2) is 0 Å². The van der Waals surface area contributed by atoms with E-state index < -0.39 is 5.41 Å². The highest BCUT2D eigenvalue weighted by atomic mass is 32.2. The minimum atomic E-state index is -0.656. The van der Waals surface area contributed by atoms with Crippen molar-refractivity contribution < 1.29 is 4.79 Å². The molecule has 0 saturated heterocycles. The Kier molecular flexibility index (Phi) is 6.12. The molecule has 8 heteroatoms. The van der Waals surface area contributed by atoms with E-state index in [-0.39, 0.29) is 17.5 Å². The molecule has 7 nitrogen and oxygen atoms in total. The third-order valence-corrected chi connectivity index (χ3v) is 6.26. The molecule has 146 valence electrons. The van der Waals surface area contributed by atoms with E-state index in [0.29, 0.717) is 40.3 Å². The van der Waals surface area contributed by atoms with E-state index in [2.05, 4.69) is 22.8 Å². The summed E-state index contributed by atoms with van der Waals surface area (Å²) in [5, 5.41) is 34.7. The second-order valence-electron chi connectivity index (χ2n) is 7.01. The van der Waals surface area contributed by atoms with E-state index >= 15 is 0 Å². The SMILES string of the molecule is N#CC1=C(N)NC(SCC(=O)Nc2cccc(C#N)c2)=C(C#N)C12CCCCC2. The van der Waals surface area contributed by atoms with E-state index in [1.54, 1.807) is 24.3 Å². The molecule has 2 aliphatic rings. The molecular weight excluding hydrogens is 384 g/mol. The van der Waals surface area contributed by atoms with Crippen molar-refractivity contribution in [3.63, 3.8) is 0 Å². The van der Waals surface area contributed by atoms with Crippen molar-refractivity contribution in [2.24, 2.45) is 11.1 Å². The summed E-state index contributed by atoms with van der Waals surface area (Å²) in [6.07, 6.45) is 4.34. The summed E-state index contributed by atoms with van der Waals surface area (Å²) >= 11 is 1.20. The van der Waals surface area contributed by atoms with Crippen molar-refractivity contribution in [3.05, 3.63) is 51.8 Å². The van der Waals surface area contributed by atoms with Crippen molar-refractivity contribution in [2.75, 3.05) is 11.1 Å². The molecule has 0 aromatic heterocycles. The molecule has 1 aromatic rings. The van der Waals surface area contributed by atoms with Gasteiger partial charge in [0.1, 0.15) is 5.82 Å². The van der Waals surface area contributed by atoms with Gasteiger partial charge in [-0.15, -0.1) is 0 Å². The monoisotopic (exact) mass is 404 g/mol. The highest BCUT2D eigenvalue weighted by Gasteiger charge is 2.45. The van der Waals surface area contributed by atoms with E-state index in [0.717, 1.165) is 19.3 Å². The number of hydrogen-bond donors (Lipinski definition) is 3. The fourth-order valence-electron chi connectivity index (χ4n) is 3.94. The normalized spacial score (nSPS) is 17.7. The van der Waals surface area contributed by atoms with Gasteiger partial charge in [-0.3, -0.25) is 4.79 Å². The molecule has 1 saturated carbocycles. The fraction of sp³-hybridized carbons (Fsp3) is 0.333. The van der Waals surface area contributed by atoms with Gasteiger partial charge >= 0.3 is 0 Å². The molecule has 0 bridgehead atoms. The van der Waals surface area contributed by atoms with Gasteiger partial charge < -0.3 is 16.4 Å². The molecule has 1 aliphatic heterocycles. The number of hydrogen-bond acceptors (Lipinski definition) is 7. The second-order valence-corrected chi connectivity index (χ2v) is 8.00. The van der Waals surface area contributed by atoms with Gasteiger partial charge in [-0.05, 0) is 31.0 Å². The van der Waals surface area contributed by atoms with Crippen LogP contribution in [0, 0.1) is 39.4 Å². The van der Waals surface area contributed by atoms with Crippen molar-refractivity contribution >= 4 is 23.4 Å². The molecule has 0 radical (unpaired) electrons. The Morgan fingerprint density at radius 3 is 2.52 bits per heavy atom. The predicted octanol–water partition coefficient (Wildman–Crippen LogP) is 3.21. The van der Waals surface area contributed by atoms with Gasteiger partial charge in [-0.2, -0.15) is 15.8 Å². The zero-order chi connectivity index (χ0) is 20.9. The zero-order valence-electron chi connectivity index (χ0n) is 15.8. The van der Waals surface area contributed by atoms with Crippen LogP contribution in [0.5, 0.6) is 0 Å². The minimum absolute atomic E-state index is 0.0650. The maximum absolute atomic E-state index is 12.4. The van der Waals surface area contributed by atoms with Crippen LogP contribution in [-0.2, 0) is 4.79 Å². The molecule has 1 spiro atoms. The molecular formula is C21H20N6OS. The highest BCUT2D eigenvalue weighted by Crippen LogP contribution is 2.51. The first-order chi connectivity index (χ1) is 14.0. The summed E-state index contributed by atoms with van der Waals surface area (Å²) in [6, 6.07) is 13.2. The van der Waals surface area contributed by atoms with Gasteiger partial charge in [0.25, 0.3) is 0 Å². The number of nitrogens with zero attached hydrogens (tertiary/aromatic N) is 3. The van der Waals surface area contributed by atoms with Gasteiger partial charge in [-0.1, -0.05) is 37.1 Å². The number of benzene rings is 1. The molecule has 1 aliphatic carbocycles. The molecule has 1 heterocycles. The smallest absolute Gasteiger partial charge is 0.234 e. The number of amides is 1. The number of nitriles is 3. The second kappa shape index (κ2) is 8.73. The first-order valence-electron chi connectivity index (χ1n) is 9.29. The summed E-state index contributed by atoms with van der Waals surface area (Å²) in [4.78, 5) is 12.4. The Bertz CT molecular complexity index is 1010. The van der Waals surface area contributed by atoms with Crippen LogP contribution < -0.4 is 16.4 Å². The third-order valence-electron chi connectivity index (χ3n) is 5.26. The molecule has 3 rings (SSSR count). The maximum Gasteiger partial charge on any atom is 0.234 e. The lowest BCUT2D eigenvalue weighted by atomic mass is 9.64. The van der Waals surface area contributed by atoms with Gasteiger partial charge in [0.15, 0.2) is 0 Å². The number of nitrogens with one attached hydrogen (secondary N) is 2. The largest absolute Gasteiger partial charge is 0.384 e. The van der Waals surface area contributed by atoms with E-state index in [9.17, 15) is 15.3 Å². The molecule has 0 unspecified atom stereocenters. The average molecular weight is 404 g/mol. The van der Waals surface area contributed by atoms with E-state index in [1.807, 2.05) is 6.07 Å².